The van der Waals surface area contributed by atoms with Gasteiger partial charge in [-0.2, -0.15) is 0 Å². The van der Waals surface area contributed by atoms with Crippen molar-refractivity contribution >= 4 is 39.5 Å². The van der Waals surface area contributed by atoms with Gasteiger partial charge in [-0.05, 0) is 148 Å². The Balaban J connectivity index is 5.46. The van der Waals surface area contributed by atoms with Crippen molar-refractivity contribution in [2.45, 2.75) is 303 Å². The lowest BCUT2D eigenvalue weighted by Crippen LogP contribution is -2.30. The molecule has 102 heavy (non-hydrogen) atoms. The van der Waals surface area contributed by atoms with Gasteiger partial charge in [0.15, 0.2) is 12.2 Å². The Labute approximate surface area is 617 Å². The largest absolute Gasteiger partial charge is 0.472 e. The normalized spacial score (nSPS) is 14.8. The van der Waals surface area contributed by atoms with Crippen LogP contribution in [0.2, 0.25) is 0 Å². The molecule has 0 aliphatic rings. The van der Waals surface area contributed by atoms with Gasteiger partial charge in [-0.1, -0.05) is 269 Å². The van der Waals surface area contributed by atoms with Crippen LogP contribution < -0.4 is 0 Å². The molecule has 0 rings (SSSR count). The summed E-state index contributed by atoms with van der Waals surface area (Å²) in [5.41, 5.74) is 0. The number of ether oxygens (including phenoxy) is 4. The number of allylic oxidation sites excluding steroid dienone is 25. The Bertz CT molecular complexity index is 2550. The van der Waals surface area contributed by atoms with Crippen LogP contribution in [-0.2, 0) is 65.4 Å². The summed E-state index contributed by atoms with van der Waals surface area (Å²) < 4.78 is 68.4. The number of aliphatic hydroxyl groups excluding tert-OH is 1. The van der Waals surface area contributed by atoms with Gasteiger partial charge in [-0.15, -0.1) is 0 Å². The van der Waals surface area contributed by atoms with Gasteiger partial charge in [-0.3, -0.25) is 37.3 Å². The fourth-order valence-corrected chi connectivity index (χ4v) is 11.3. The zero-order valence-corrected chi connectivity index (χ0v) is 65.0. The van der Waals surface area contributed by atoms with Gasteiger partial charge in [0.1, 0.15) is 19.3 Å². The maximum atomic E-state index is 13.1. The SMILES string of the molecule is CC/C=C\C/C=C\C/C=C\C/C=C\C/C=C\CC(=O)OCC(COP(=O)(O)OCC(O)COP(=O)(O)OCC(COC(=O)CCCCCCCCC/C=C\C/C=C\C/C=C\CC)OC(=O)CCCCCCC/C=C\C/C=C\C/C=C\CC)OC(=O)CCCCCCC/C=C\C/C=C\CCCCC. The molecule has 0 aromatic heterocycles. The molecule has 19 heteroatoms. The summed E-state index contributed by atoms with van der Waals surface area (Å²) in [5.74, 6) is -2.38. The summed E-state index contributed by atoms with van der Waals surface area (Å²) in [5, 5.41) is 10.6. The number of unbranched alkanes of at least 4 members (excludes halogenated alkanes) is 20. The topological polar surface area (TPSA) is 237 Å². The van der Waals surface area contributed by atoms with Crippen LogP contribution in [0.25, 0.3) is 0 Å². The summed E-state index contributed by atoms with van der Waals surface area (Å²) in [4.78, 5) is 72.9. The van der Waals surface area contributed by atoms with E-state index in [1.165, 1.54) is 19.3 Å². The molecule has 0 bridgehead atoms. The zero-order chi connectivity index (χ0) is 74.6. The van der Waals surface area contributed by atoms with E-state index in [1.807, 2.05) is 18.2 Å². The third kappa shape index (κ3) is 73.0. The quantitative estimate of drug-likeness (QED) is 0.0169. The molecule has 5 unspecified atom stereocenters. The summed E-state index contributed by atoms with van der Waals surface area (Å²) in [6.07, 6.45) is 85.4. The molecular weight excluding hydrogens is 1330 g/mol. The van der Waals surface area contributed by atoms with E-state index >= 15 is 0 Å². The van der Waals surface area contributed by atoms with Crippen LogP contribution in [0, 0.1) is 0 Å². The van der Waals surface area contributed by atoms with Crippen molar-refractivity contribution in [2.24, 2.45) is 0 Å². The number of hydrogen-bond acceptors (Lipinski definition) is 15. The number of hydrogen-bond donors (Lipinski definition) is 3. The molecule has 0 fully saturated rings. The fourth-order valence-electron chi connectivity index (χ4n) is 9.70. The van der Waals surface area contributed by atoms with E-state index in [1.54, 1.807) is 6.08 Å². The van der Waals surface area contributed by atoms with Crippen LogP contribution >= 0.6 is 15.6 Å². The molecule has 580 valence electrons. The van der Waals surface area contributed by atoms with Crippen molar-refractivity contribution in [3.8, 4) is 0 Å². The van der Waals surface area contributed by atoms with Crippen LogP contribution in [0.1, 0.15) is 285 Å². The molecule has 0 saturated heterocycles. The van der Waals surface area contributed by atoms with Gasteiger partial charge < -0.3 is 33.8 Å². The highest BCUT2D eigenvalue weighted by molar-refractivity contribution is 7.47. The Morgan fingerprint density at radius 2 is 0.549 bits per heavy atom. The predicted molar refractivity (Wildman–Crippen MR) is 417 cm³/mol. The lowest BCUT2D eigenvalue weighted by molar-refractivity contribution is -0.161. The second-order valence-corrected chi connectivity index (χ2v) is 28.1. The third-order valence-electron chi connectivity index (χ3n) is 15.5. The summed E-state index contributed by atoms with van der Waals surface area (Å²) in [6.45, 7) is 4.34. The van der Waals surface area contributed by atoms with E-state index in [9.17, 15) is 43.2 Å². The summed E-state index contributed by atoms with van der Waals surface area (Å²) in [7, 11) is -10.0. The second-order valence-electron chi connectivity index (χ2n) is 25.2. The van der Waals surface area contributed by atoms with E-state index in [4.69, 9.17) is 37.0 Å². The molecule has 0 aromatic rings. The fraction of sp³-hybridized carbons (Fsp3) is 0.639. The number of carbonyl (C=O) groups is 4. The highest BCUT2D eigenvalue weighted by Crippen LogP contribution is 2.45. The number of rotatable bonds is 71. The Hall–Kier alpha value is -5.32. The van der Waals surface area contributed by atoms with Crippen molar-refractivity contribution in [2.75, 3.05) is 39.6 Å². The molecule has 0 spiro atoms. The van der Waals surface area contributed by atoms with E-state index in [2.05, 4.69) is 161 Å². The van der Waals surface area contributed by atoms with E-state index in [0.717, 1.165) is 186 Å². The first-order valence-corrected chi connectivity index (χ1v) is 41.7. The average molecular weight is 1470 g/mol. The van der Waals surface area contributed by atoms with Gasteiger partial charge in [0.05, 0.1) is 32.8 Å². The molecule has 0 aliphatic carbocycles. The van der Waals surface area contributed by atoms with Crippen LogP contribution in [0.3, 0.4) is 0 Å². The smallest absolute Gasteiger partial charge is 0.462 e. The lowest BCUT2D eigenvalue weighted by atomic mass is 10.1. The van der Waals surface area contributed by atoms with Crippen molar-refractivity contribution in [1.82, 2.24) is 0 Å². The highest BCUT2D eigenvalue weighted by atomic mass is 31.2. The zero-order valence-electron chi connectivity index (χ0n) is 63.2. The molecule has 0 radical (unpaired) electrons. The first-order valence-electron chi connectivity index (χ1n) is 38.7. The maximum absolute atomic E-state index is 13.1. The van der Waals surface area contributed by atoms with Gasteiger partial charge in [-0.25, -0.2) is 9.13 Å². The Morgan fingerprint density at radius 3 is 0.873 bits per heavy atom. The van der Waals surface area contributed by atoms with Gasteiger partial charge in [0.25, 0.3) is 0 Å². The van der Waals surface area contributed by atoms with E-state index < -0.39 is 97.5 Å². The summed E-state index contributed by atoms with van der Waals surface area (Å²) >= 11 is 0. The molecule has 5 atom stereocenters. The molecule has 0 aliphatic heterocycles. The third-order valence-corrected chi connectivity index (χ3v) is 17.4. The molecule has 0 saturated carbocycles. The maximum Gasteiger partial charge on any atom is 0.472 e. The Kier molecular flexibility index (Phi) is 70.1. The Morgan fingerprint density at radius 1 is 0.294 bits per heavy atom. The monoisotopic (exact) mass is 1470 g/mol. The minimum absolute atomic E-state index is 0.0545. The van der Waals surface area contributed by atoms with Gasteiger partial charge in [0, 0.05) is 19.3 Å². The molecular formula is C83H136O17P2. The number of carbonyl (C=O) groups excluding carboxylic acids is 4. The minimum Gasteiger partial charge on any atom is -0.462 e. The standard InChI is InChI=1S/C83H136O17P2/c1-5-9-13-17-21-25-29-33-37-38-42-44-48-52-56-60-64-68-81(86)94-74-79(100-83(88)70-66-62-58-54-50-46-41-36-32-28-24-20-16-12-8-4)76-98-102(91,92)96-72-77(84)71-95-101(89,90)97-75-78(99-82(87)69-65-61-57-53-49-45-40-35-31-27-23-19-15-11-7-3)73-93-80(85)67-63-59-55-51-47-43-39-34-30-26-22-18-14-10-6-2/h9-10,12-14,16,21-28,33-37,39-41,47,51,59,63,77-79,84H,5-8,11,15,17-20,29-32,38,42-46,48-50,52-58,60-62,64-76H2,1-4H3,(H,89,90)(H,91,92)/b13-9-,14-10-,16-12-,25-21-,26-22-,27-23-,28-24-,37-33-,39-34-,40-35-,41-36-,51-47-,63-59-. The first kappa shape index (κ1) is 96.7. The molecule has 0 aromatic carbocycles. The van der Waals surface area contributed by atoms with Crippen molar-refractivity contribution in [3.05, 3.63) is 158 Å². The second kappa shape index (κ2) is 74.0. The van der Waals surface area contributed by atoms with Crippen molar-refractivity contribution < 1.29 is 80.2 Å². The molecule has 0 amide bonds. The lowest BCUT2D eigenvalue weighted by Gasteiger charge is -2.21. The predicted octanol–water partition coefficient (Wildman–Crippen LogP) is 22.4. The van der Waals surface area contributed by atoms with Crippen LogP contribution in [-0.4, -0.2) is 96.7 Å². The van der Waals surface area contributed by atoms with E-state index in [-0.39, 0.29) is 25.7 Å². The van der Waals surface area contributed by atoms with Crippen molar-refractivity contribution in [3.63, 3.8) is 0 Å². The van der Waals surface area contributed by atoms with Crippen molar-refractivity contribution in [1.29, 1.82) is 0 Å². The number of aliphatic hydroxyl groups is 1. The first-order chi connectivity index (χ1) is 49.7. The van der Waals surface area contributed by atoms with Gasteiger partial charge >= 0.3 is 39.5 Å². The van der Waals surface area contributed by atoms with Gasteiger partial charge in [0.2, 0.25) is 0 Å². The van der Waals surface area contributed by atoms with Crippen LogP contribution in [0.15, 0.2) is 158 Å². The minimum atomic E-state index is -5.01. The van der Waals surface area contributed by atoms with Crippen LogP contribution in [0.5, 0.6) is 0 Å². The molecule has 17 nitrogen and oxygen atoms in total. The number of phosphoric ester groups is 2. The highest BCUT2D eigenvalue weighted by Gasteiger charge is 2.30. The summed E-state index contributed by atoms with van der Waals surface area (Å²) in [6, 6.07) is 0. The molecule has 3 N–H and O–H groups in total. The van der Waals surface area contributed by atoms with Crippen LogP contribution in [0.4, 0.5) is 0 Å². The van der Waals surface area contributed by atoms with E-state index in [0.29, 0.717) is 25.7 Å². The molecule has 0 heterocycles. The average Bonchev–Trinajstić information content (AvgIpc) is 0.926. The number of phosphoric acid groups is 2. The number of esters is 4.